The highest BCUT2D eigenvalue weighted by molar-refractivity contribution is 8.00. The summed E-state index contributed by atoms with van der Waals surface area (Å²) in [5, 5.41) is 0.795. The van der Waals surface area contributed by atoms with Gasteiger partial charge in [0, 0.05) is 21.6 Å². The van der Waals surface area contributed by atoms with Gasteiger partial charge in [0.05, 0.1) is 41.3 Å². The molecule has 3 heterocycles. The second kappa shape index (κ2) is 11.2. The molecule has 0 radical (unpaired) electrons. The lowest BCUT2D eigenvalue weighted by atomic mass is 9.68. The molecule has 1 saturated heterocycles. The Morgan fingerprint density at radius 1 is 0.932 bits per heavy atom. The number of para-hydroxylation sites is 1. The van der Waals surface area contributed by atoms with Crippen LogP contribution in [0.2, 0.25) is 0 Å². The SMILES string of the molecule is CCOC(=O)COc1ccccc1[C@H]1c2sc(=O)[nH]c2SC2C3CC(C4C(=O)N(c5ccc(C(=O)OCC)cc5)C(=O)C34)C21. The molecule has 0 spiro atoms. The Kier molecular flexibility index (Phi) is 7.36. The van der Waals surface area contributed by atoms with Gasteiger partial charge in [0.2, 0.25) is 11.8 Å². The summed E-state index contributed by atoms with van der Waals surface area (Å²) in [7, 11) is 0. The van der Waals surface area contributed by atoms with Gasteiger partial charge in [-0.2, -0.15) is 0 Å². The number of anilines is 1. The number of thiazole rings is 1. The summed E-state index contributed by atoms with van der Waals surface area (Å²) in [4.78, 5) is 69.9. The first-order chi connectivity index (χ1) is 21.3. The van der Waals surface area contributed by atoms with Gasteiger partial charge in [0.15, 0.2) is 6.61 Å². The molecule has 2 aliphatic carbocycles. The van der Waals surface area contributed by atoms with Crippen LogP contribution in [-0.4, -0.2) is 53.8 Å². The number of carbonyl (C=O) groups excluding carboxylic acids is 4. The highest BCUT2D eigenvalue weighted by Crippen LogP contribution is 2.69. The Hall–Kier alpha value is -3.90. The molecule has 10 nitrogen and oxygen atoms in total. The van der Waals surface area contributed by atoms with E-state index in [9.17, 15) is 24.0 Å². The fourth-order valence-corrected chi connectivity index (χ4v) is 10.7. The van der Waals surface area contributed by atoms with Crippen LogP contribution >= 0.6 is 23.1 Å². The number of fused-ring (bicyclic) bond motifs is 9. The van der Waals surface area contributed by atoms with E-state index >= 15 is 0 Å². The summed E-state index contributed by atoms with van der Waals surface area (Å²) in [6.45, 7) is 3.72. The van der Waals surface area contributed by atoms with Crippen LogP contribution in [0.15, 0.2) is 58.4 Å². The maximum atomic E-state index is 14.1. The Labute approximate surface area is 261 Å². The predicted molar refractivity (Wildman–Crippen MR) is 162 cm³/mol. The third kappa shape index (κ3) is 4.49. The molecule has 7 atom stereocenters. The number of carbonyl (C=O) groups is 4. The highest BCUT2D eigenvalue weighted by Gasteiger charge is 2.69. The topological polar surface area (TPSA) is 132 Å². The summed E-state index contributed by atoms with van der Waals surface area (Å²) in [5.74, 6) is -2.19. The zero-order chi connectivity index (χ0) is 30.7. The number of aromatic nitrogens is 1. The van der Waals surface area contributed by atoms with Crippen molar-refractivity contribution >= 4 is 52.5 Å². The molecule has 6 unspecified atom stereocenters. The van der Waals surface area contributed by atoms with Gasteiger partial charge in [-0.05, 0) is 68.4 Å². The number of aromatic amines is 1. The molecule has 3 aromatic rings. The van der Waals surface area contributed by atoms with Crippen LogP contribution in [0.5, 0.6) is 5.75 Å². The van der Waals surface area contributed by atoms with E-state index in [1.807, 2.05) is 24.3 Å². The smallest absolute Gasteiger partial charge is 0.344 e. The van der Waals surface area contributed by atoms with Crippen LogP contribution in [0.4, 0.5) is 5.69 Å². The Morgan fingerprint density at radius 3 is 2.36 bits per heavy atom. The maximum Gasteiger partial charge on any atom is 0.344 e. The van der Waals surface area contributed by atoms with E-state index in [0.29, 0.717) is 17.0 Å². The van der Waals surface area contributed by atoms with Gasteiger partial charge in [0.1, 0.15) is 5.75 Å². The average molecular weight is 635 g/mol. The third-order valence-corrected chi connectivity index (χ3v) is 11.9. The summed E-state index contributed by atoms with van der Waals surface area (Å²) in [6, 6.07) is 13.9. The van der Waals surface area contributed by atoms with E-state index in [-0.39, 0.29) is 65.4 Å². The monoisotopic (exact) mass is 634 g/mol. The van der Waals surface area contributed by atoms with E-state index in [4.69, 9.17) is 14.2 Å². The summed E-state index contributed by atoms with van der Waals surface area (Å²) in [6.07, 6.45) is 0.742. The number of ether oxygens (including phenoxy) is 3. The van der Waals surface area contributed by atoms with Gasteiger partial charge in [-0.15, -0.1) is 11.8 Å². The first-order valence-corrected chi connectivity index (χ1v) is 16.4. The summed E-state index contributed by atoms with van der Waals surface area (Å²) < 4.78 is 16.1. The molecule has 2 bridgehead atoms. The van der Waals surface area contributed by atoms with Crippen LogP contribution < -0.4 is 14.5 Å². The van der Waals surface area contributed by atoms with Crippen LogP contribution in [0.3, 0.4) is 0 Å². The van der Waals surface area contributed by atoms with Crippen molar-refractivity contribution in [1.29, 1.82) is 0 Å². The Balaban J connectivity index is 1.23. The lowest BCUT2D eigenvalue weighted by Crippen LogP contribution is -2.42. The number of esters is 2. The van der Waals surface area contributed by atoms with Crippen LogP contribution in [0.1, 0.15) is 47.0 Å². The molecule has 12 heteroatoms. The largest absolute Gasteiger partial charge is 0.482 e. The van der Waals surface area contributed by atoms with Crippen molar-refractivity contribution in [3.8, 4) is 5.75 Å². The molecule has 44 heavy (non-hydrogen) atoms. The van der Waals surface area contributed by atoms with Gasteiger partial charge < -0.3 is 19.2 Å². The lowest BCUT2D eigenvalue weighted by Gasteiger charge is -2.43. The number of amides is 2. The Morgan fingerprint density at radius 2 is 1.64 bits per heavy atom. The number of thioether (sulfide) groups is 1. The second-order valence-electron chi connectivity index (χ2n) is 11.4. The quantitative estimate of drug-likeness (QED) is 0.286. The second-order valence-corrected chi connectivity index (χ2v) is 13.6. The molecule has 4 aliphatic rings. The fraction of sp³-hybridized carbons (Fsp3) is 0.406. The lowest BCUT2D eigenvalue weighted by molar-refractivity contribution is -0.145. The maximum absolute atomic E-state index is 14.1. The van der Waals surface area contributed by atoms with Gasteiger partial charge in [-0.3, -0.25) is 19.3 Å². The number of hydrogen-bond donors (Lipinski definition) is 1. The number of imide groups is 1. The number of rotatable bonds is 8. The van der Waals surface area contributed by atoms with Crippen molar-refractivity contribution in [3.63, 3.8) is 0 Å². The summed E-state index contributed by atoms with van der Waals surface area (Å²) in [5.41, 5.74) is 1.63. The zero-order valence-corrected chi connectivity index (χ0v) is 25.7. The minimum absolute atomic E-state index is 0.00463. The first kappa shape index (κ1) is 28.8. The highest BCUT2D eigenvalue weighted by atomic mass is 32.2. The summed E-state index contributed by atoms with van der Waals surface area (Å²) >= 11 is 2.77. The molecule has 2 amide bonds. The zero-order valence-electron chi connectivity index (χ0n) is 24.0. The number of nitrogens with one attached hydrogen (secondary N) is 1. The molecule has 1 aromatic heterocycles. The molecule has 2 aromatic carbocycles. The van der Waals surface area contributed by atoms with Crippen LogP contribution in [-0.2, 0) is 23.9 Å². The minimum atomic E-state index is -0.480. The Bertz CT molecular complexity index is 1720. The normalized spacial score (nSPS) is 28.0. The van der Waals surface area contributed by atoms with E-state index in [0.717, 1.165) is 33.2 Å². The standard InChI is InChI=1S/C32H30N2O8S2/c1-3-40-21(35)14-42-20-8-6-5-7-17(20)22-23-18-13-19(26(23)43-28-27(22)44-32(39)33-28)25-24(18)29(36)34(30(25)37)16-11-9-15(10-12-16)31(38)41-4-2/h5-12,18-19,22-26H,3-4,13-14H2,1-2H3,(H,33,39)/t18?,19?,22-,23?,24?,25?,26?/m1/s1. The predicted octanol–water partition coefficient (Wildman–Crippen LogP) is 4.23. The van der Waals surface area contributed by atoms with Crippen molar-refractivity contribution in [1.82, 2.24) is 4.98 Å². The van der Waals surface area contributed by atoms with E-state index < -0.39 is 23.8 Å². The number of H-pyrrole nitrogens is 1. The third-order valence-electron chi connectivity index (χ3n) is 9.27. The van der Waals surface area contributed by atoms with Crippen LogP contribution in [0.25, 0.3) is 0 Å². The van der Waals surface area contributed by atoms with E-state index in [1.54, 1.807) is 49.9 Å². The van der Waals surface area contributed by atoms with Crippen molar-refractivity contribution in [3.05, 3.63) is 74.2 Å². The van der Waals surface area contributed by atoms with Gasteiger partial charge in [0.25, 0.3) is 0 Å². The fourth-order valence-electron chi connectivity index (χ4n) is 7.79. The molecule has 7 rings (SSSR count). The van der Waals surface area contributed by atoms with Crippen LogP contribution in [0, 0.1) is 29.6 Å². The molecule has 2 saturated carbocycles. The number of nitrogens with zero attached hydrogens (tertiary/aromatic N) is 1. The molecule has 2 aliphatic heterocycles. The molecule has 3 fully saturated rings. The molecular weight excluding hydrogens is 604 g/mol. The van der Waals surface area contributed by atoms with Crippen molar-refractivity contribution in [2.24, 2.45) is 29.6 Å². The minimum Gasteiger partial charge on any atom is -0.482 e. The van der Waals surface area contributed by atoms with Gasteiger partial charge in [-0.1, -0.05) is 29.5 Å². The number of hydrogen-bond acceptors (Lipinski definition) is 10. The van der Waals surface area contributed by atoms with E-state index in [1.165, 1.54) is 4.90 Å². The van der Waals surface area contributed by atoms with Crippen molar-refractivity contribution in [2.45, 2.75) is 36.5 Å². The van der Waals surface area contributed by atoms with Crippen molar-refractivity contribution in [2.75, 3.05) is 24.7 Å². The molecule has 228 valence electrons. The number of benzene rings is 2. The molecular formula is C32H30N2O8S2. The van der Waals surface area contributed by atoms with Crippen molar-refractivity contribution < 1.29 is 33.4 Å². The van der Waals surface area contributed by atoms with Gasteiger partial charge in [-0.25, -0.2) is 9.59 Å². The van der Waals surface area contributed by atoms with Gasteiger partial charge >= 0.3 is 16.8 Å². The first-order valence-electron chi connectivity index (χ1n) is 14.7. The molecule has 1 N–H and O–H groups in total. The average Bonchev–Trinajstić information content (AvgIpc) is 3.75. The van der Waals surface area contributed by atoms with E-state index in [2.05, 4.69) is 4.98 Å².